The van der Waals surface area contributed by atoms with Crippen LogP contribution in [0.25, 0.3) is 0 Å². The molecule has 23 heavy (non-hydrogen) atoms. The summed E-state index contributed by atoms with van der Waals surface area (Å²) in [4.78, 5) is 0. The normalized spacial score (nSPS) is 41.7. The molecule has 124 valence electrons. The van der Waals surface area contributed by atoms with E-state index in [0.717, 1.165) is 19.3 Å². The van der Waals surface area contributed by atoms with Crippen LogP contribution in [-0.2, 0) is 6.42 Å². The molecule has 1 aromatic carbocycles. The third-order valence-corrected chi connectivity index (χ3v) is 7.15. The number of phenolic OH excluding ortho intramolecular Hbond substituents is 1. The molecule has 2 fully saturated rings. The second-order valence-corrected chi connectivity index (χ2v) is 8.37. The Balaban J connectivity index is 1.72. The minimum atomic E-state index is -0.164. The number of phenols is 1. The highest BCUT2D eigenvalue weighted by molar-refractivity contribution is 5.40. The lowest BCUT2D eigenvalue weighted by atomic mass is 9.54. The van der Waals surface area contributed by atoms with Crippen LogP contribution in [-0.4, -0.2) is 16.3 Å². The van der Waals surface area contributed by atoms with Crippen molar-refractivity contribution in [3.05, 3.63) is 42.0 Å². The van der Waals surface area contributed by atoms with Crippen molar-refractivity contribution in [3.8, 4) is 5.75 Å². The molecule has 1 aromatic rings. The van der Waals surface area contributed by atoms with Gasteiger partial charge >= 0.3 is 0 Å². The summed E-state index contributed by atoms with van der Waals surface area (Å²) in [5.74, 6) is 2.66. The van der Waals surface area contributed by atoms with Crippen LogP contribution in [0.4, 0.5) is 0 Å². The Bertz CT molecular complexity index is 622. The molecule has 2 saturated carbocycles. The van der Waals surface area contributed by atoms with E-state index in [1.807, 2.05) is 18.2 Å². The van der Waals surface area contributed by atoms with Gasteiger partial charge < -0.3 is 10.2 Å². The molecule has 0 spiro atoms. The number of benzene rings is 1. The molecule has 4 rings (SSSR count). The quantitative estimate of drug-likeness (QED) is 0.794. The summed E-state index contributed by atoms with van der Waals surface area (Å²) in [6.45, 7) is 6.34. The number of hydrogen-bond acceptors (Lipinski definition) is 2. The molecule has 6 atom stereocenters. The first-order chi connectivity index (χ1) is 11.0. The maximum absolute atomic E-state index is 10.7. The fourth-order valence-corrected chi connectivity index (χ4v) is 6.33. The highest BCUT2D eigenvalue weighted by Gasteiger charge is 2.56. The maximum Gasteiger partial charge on any atom is 0.115 e. The van der Waals surface area contributed by atoms with Gasteiger partial charge in [-0.1, -0.05) is 19.1 Å². The summed E-state index contributed by atoms with van der Waals surface area (Å²) in [6, 6.07) is 5.96. The molecular weight excluding hydrogens is 284 g/mol. The van der Waals surface area contributed by atoms with E-state index in [4.69, 9.17) is 0 Å². The number of hydrogen-bond donors (Lipinski definition) is 2. The average molecular weight is 312 g/mol. The molecule has 0 amide bonds. The summed E-state index contributed by atoms with van der Waals surface area (Å²) in [7, 11) is 0. The van der Waals surface area contributed by atoms with Crippen LogP contribution < -0.4 is 0 Å². The molecule has 0 bridgehead atoms. The number of aromatic hydroxyl groups is 1. The molecule has 3 aliphatic rings. The molecule has 2 N–H and O–H groups in total. The van der Waals surface area contributed by atoms with Gasteiger partial charge in [0.05, 0.1) is 6.10 Å². The highest BCUT2D eigenvalue weighted by Crippen LogP contribution is 2.63. The predicted molar refractivity (Wildman–Crippen MR) is 92.4 cm³/mol. The summed E-state index contributed by atoms with van der Waals surface area (Å²) in [6.07, 6.45) is 8.43. The van der Waals surface area contributed by atoms with E-state index >= 15 is 0 Å². The molecule has 0 saturated heterocycles. The highest BCUT2D eigenvalue weighted by atomic mass is 16.3. The molecule has 3 aliphatic carbocycles. The molecule has 2 nitrogen and oxygen atoms in total. The van der Waals surface area contributed by atoms with Crippen molar-refractivity contribution >= 4 is 0 Å². The van der Waals surface area contributed by atoms with Crippen LogP contribution in [0.1, 0.15) is 56.1 Å². The standard InChI is InChI=1S/C21H28O2/c1-3-4-18-19(23)12-21(2)10-9-16-15-8-6-14(22)11-13(15)5-7-17(16)20(18)21/h3,6,8,11,16-20,22-23H,1,4-5,7,9-10,12H2,2H3/t16-,17-,18-,19+,20-,21-/m1/s1. The third kappa shape index (κ3) is 2.26. The SMILES string of the molecule is C=CC[C@H]1[C@H]2[C@@H]3CCc4cc(O)ccc4[C@H]3CC[C@]2(C)C[C@@H]1O. The summed E-state index contributed by atoms with van der Waals surface area (Å²) >= 11 is 0. The average Bonchev–Trinajstić information content (AvgIpc) is 2.77. The van der Waals surface area contributed by atoms with Gasteiger partial charge in [0.2, 0.25) is 0 Å². The summed E-state index contributed by atoms with van der Waals surface area (Å²) in [5.41, 5.74) is 3.09. The zero-order valence-corrected chi connectivity index (χ0v) is 14.0. The van der Waals surface area contributed by atoms with Crippen molar-refractivity contribution < 1.29 is 10.2 Å². The molecule has 0 heterocycles. The lowest BCUT2D eigenvalue weighted by Gasteiger charge is -2.50. The molecule has 0 aromatic heterocycles. The van der Waals surface area contributed by atoms with Gasteiger partial charge in [0.25, 0.3) is 0 Å². The Morgan fingerprint density at radius 2 is 2.17 bits per heavy atom. The van der Waals surface area contributed by atoms with Crippen molar-refractivity contribution in [1.29, 1.82) is 0 Å². The number of allylic oxidation sites excluding steroid dienone is 1. The van der Waals surface area contributed by atoms with Crippen molar-refractivity contribution in [2.45, 2.75) is 57.5 Å². The van der Waals surface area contributed by atoms with Crippen LogP contribution in [0.5, 0.6) is 5.75 Å². The monoisotopic (exact) mass is 312 g/mol. The Hall–Kier alpha value is -1.28. The number of rotatable bonds is 2. The fraction of sp³-hybridized carbons (Fsp3) is 0.619. The first-order valence-electron chi connectivity index (χ1n) is 9.14. The van der Waals surface area contributed by atoms with E-state index < -0.39 is 0 Å². The molecule has 0 unspecified atom stereocenters. The maximum atomic E-state index is 10.7. The smallest absolute Gasteiger partial charge is 0.115 e. The minimum absolute atomic E-state index is 0.164. The van der Waals surface area contributed by atoms with Gasteiger partial charge in [-0.05, 0) is 90.9 Å². The first kappa shape index (κ1) is 15.3. The Morgan fingerprint density at radius 3 is 2.96 bits per heavy atom. The van der Waals surface area contributed by atoms with Gasteiger partial charge in [0, 0.05) is 0 Å². The van der Waals surface area contributed by atoms with E-state index in [2.05, 4.69) is 19.6 Å². The van der Waals surface area contributed by atoms with Crippen LogP contribution in [0, 0.1) is 23.2 Å². The van der Waals surface area contributed by atoms with Crippen LogP contribution in [0.3, 0.4) is 0 Å². The van der Waals surface area contributed by atoms with E-state index in [1.54, 1.807) is 0 Å². The number of aliphatic hydroxyl groups is 1. The number of aliphatic hydroxyl groups excluding tert-OH is 1. The van der Waals surface area contributed by atoms with E-state index in [0.29, 0.717) is 34.8 Å². The van der Waals surface area contributed by atoms with Gasteiger partial charge in [0.15, 0.2) is 0 Å². The number of fused-ring (bicyclic) bond motifs is 5. The summed E-state index contributed by atoms with van der Waals surface area (Å²) < 4.78 is 0. The van der Waals surface area contributed by atoms with E-state index in [1.165, 1.54) is 30.4 Å². The Kier molecular flexibility index (Phi) is 3.57. The van der Waals surface area contributed by atoms with Crippen molar-refractivity contribution in [1.82, 2.24) is 0 Å². The first-order valence-corrected chi connectivity index (χ1v) is 9.14. The topological polar surface area (TPSA) is 40.5 Å². The zero-order valence-electron chi connectivity index (χ0n) is 14.0. The molecule has 0 aliphatic heterocycles. The molecule has 2 heteroatoms. The predicted octanol–water partition coefficient (Wildman–Crippen LogP) is 4.41. The molecule has 0 radical (unpaired) electrons. The zero-order chi connectivity index (χ0) is 16.2. The van der Waals surface area contributed by atoms with Gasteiger partial charge in [0.1, 0.15) is 5.75 Å². The van der Waals surface area contributed by atoms with Crippen LogP contribution in [0.15, 0.2) is 30.9 Å². The van der Waals surface area contributed by atoms with Crippen LogP contribution in [0.2, 0.25) is 0 Å². The fourth-order valence-electron chi connectivity index (χ4n) is 6.33. The van der Waals surface area contributed by atoms with Crippen LogP contribution >= 0.6 is 0 Å². The van der Waals surface area contributed by atoms with Gasteiger partial charge in [-0.25, -0.2) is 0 Å². The largest absolute Gasteiger partial charge is 0.508 e. The van der Waals surface area contributed by atoms with Gasteiger partial charge in [-0.15, -0.1) is 6.58 Å². The van der Waals surface area contributed by atoms with Gasteiger partial charge in [-0.3, -0.25) is 0 Å². The Morgan fingerprint density at radius 1 is 1.35 bits per heavy atom. The lowest BCUT2D eigenvalue weighted by molar-refractivity contribution is 0.0303. The number of aryl methyl sites for hydroxylation is 1. The minimum Gasteiger partial charge on any atom is -0.508 e. The van der Waals surface area contributed by atoms with Crippen molar-refractivity contribution in [2.24, 2.45) is 23.2 Å². The van der Waals surface area contributed by atoms with E-state index in [9.17, 15) is 10.2 Å². The Labute approximate surface area is 139 Å². The van der Waals surface area contributed by atoms with Gasteiger partial charge in [-0.2, -0.15) is 0 Å². The second-order valence-electron chi connectivity index (χ2n) is 8.37. The van der Waals surface area contributed by atoms with Crippen molar-refractivity contribution in [3.63, 3.8) is 0 Å². The summed E-state index contributed by atoms with van der Waals surface area (Å²) in [5, 5.41) is 20.4. The van der Waals surface area contributed by atoms with Crippen molar-refractivity contribution in [2.75, 3.05) is 0 Å². The van der Waals surface area contributed by atoms with E-state index in [-0.39, 0.29) is 6.10 Å². The second kappa shape index (κ2) is 5.37. The molecular formula is C21H28O2. The lowest BCUT2D eigenvalue weighted by Crippen LogP contribution is -2.42. The third-order valence-electron chi connectivity index (χ3n) is 7.15.